The Morgan fingerprint density at radius 1 is 0.806 bits per heavy atom. The molecule has 1 amide bonds. The molecule has 0 radical (unpaired) electrons. The molecule has 0 bridgehead atoms. The van der Waals surface area contributed by atoms with E-state index in [1.54, 1.807) is 6.07 Å². The number of anilines is 3. The molecular formula is C23H25N7O. The van der Waals surface area contributed by atoms with Crippen molar-refractivity contribution in [2.45, 2.75) is 25.7 Å². The van der Waals surface area contributed by atoms with Gasteiger partial charge < -0.3 is 15.1 Å². The van der Waals surface area contributed by atoms with Crippen molar-refractivity contribution >= 4 is 23.2 Å². The summed E-state index contributed by atoms with van der Waals surface area (Å²) >= 11 is 0. The quantitative estimate of drug-likeness (QED) is 0.683. The van der Waals surface area contributed by atoms with Gasteiger partial charge in [0.05, 0.1) is 5.69 Å². The first-order valence-electron chi connectivity index (χ1n) is 10.8. The van der Waals surface area contributed by atoms with Gasteiger partial charge in [-0.05, 0) is 49.9 Å². The highest BCUT2D eigenvalue weighted by atomic mass is 16.1. The number of hydrogen-bond acceptors (Lipinski definition) is 7. The van der Waals surface area contributed by atoms with Crippen LogP contribution in [0.4, 0.5) is 17.3 Å². The molecule has 2 aromatic heterocycles. The Morgan fingerprint density at radius 3 is 2.26 bits per heavy atom. The average molecular weight is 416 g/mol. The molecule has 0 unspecified atom stereocenters. The van der Waals surface area contributed by atoms with Gasteiger partial charge in [-0.25, -0.2) is 9.97 Å². The van der Waals surface area contributed by atoms with Crippen molar-refractivity contribution in [3.8, 4) is 11.3 Å². The van der Waals surface area contributed by atoms with Gasteiger partial charge in [-0.1, -0.05) is 12.1 Å². The van der Waals surface area contributed by atoms with E-state index in [-0.39, 0.29) is 5.91 Å². The van der Waals surface area contributed by atoms with Crippen molar-refractivity contribution in [1.29, 1.82) is 0 Å². The zero-order valence-electron chi connectivity index (χ0n) is 17.4. The summed E-state index contributed by atoms with van der Waals surface area (Å²) in [6.45, 7) is 4.02. The number of aromatic nitrogens is 4. The Labute approximate surface area is 181 Å². The second-order valence-electron chi connectivity index (χ2n) is 7.96. The topological polar surface area (TPSA) is 87.1 Å². The van der Waals surface area contributed by atoms with Crippen LogP contribution in [0.3, 0.4) is 0 Å². The normalized spacial score (nSPS) is 16.0. The molecule has 0 saturated carbocycles. The minimum atomic E-state index is -0.254. The molecule has 8 heteroatoms. The van der Waals surface area contributed by atoms with Crippen molar-refractivity contribution < 1.29 is 4.79 Å². The van der Waals surface area contributed by atoms with Crippen LogP contribution in [0.25, 0.3) is 11.3 Å². The standard InChI is InChI=1S/C23H25N7O/c31-23(20-15-22(25-16-24-20)30-12-3-4-13-30)26-18-7-5-6-17(14-18)19-8-9-21(28-27-19)29-10-1-2-11-29/h5-9,14-16H,1-4,10-13H2,(H,26,31). The number of nitrogens with one attached hydrogen (secondary N) is 1. The first-order valence-corrected chi connectivity index (χ1v) is 10.8. The van der Waals surface area contributed by atoms with E-state index in [1.165, 1.54) is 19.2 Å². The number of amides is 1. The first kappa shape index (κ1) is 19.4. The van der Waals surface area contributed by atoms with Crippen LogP contribution in [0.2, 0.25) is 0 Å². The van der Waals surface area contributed by atoms with Crippen LogP contribution in [0.15, 0.2) is 48.8 Å². The molecule has 3 aromatic rings. The fourth-order valence-corrected chi connectivity index (χ4v) is 4.14. The van der Waals surface area contributed by atoms with Crippen LogP contribution in [-0.4, -0.2) is 52.3 Å². The molecule has 2 saturated heterocycles. The Morgan fingerprint density at radius 2 is 1.55 bits per heavy atom. The smallest absolute Gasteiger partial charge is 0.274 e. The molecule has 31 heavy (non-hydrogen) atoms. The van der Waals surface area contributed by atoms with Gasteiger partial charge in [-0.2, -0.15) is 0 Å². The molecule has 2 fully saturated rings. The van der Waals surface area contributed by atoms with E-state index in [0.717, 1.165) is 61.9 Å². The first-order chi connectivity index (χ1) is 15.3. The Bertz CT molecular complexity index is 1060. The van der Waals surface area contributed by atoms with Gasteiger partial charge in [0.1, 0.15) is 17.8 Å². The third-order valence-electron chi connectivity index (χ3n) is 5.81. The highest BCUT2D eigenvalue weighted by molar-refractivity contribution is 6.03. The maximum absolute atomic E-state index is 12.8. The van der Waals surface area contributed by atoms with Crippen molar-refractivity contribution in [2.24, 2.45) is 0 Å². The second kappa shape index (κ2) is 8.67. The monoisotopic (exact) mass is 415 g/mol. The Kier molecular flexibility index (Phi) is 5.43. The third-order valence-corrected chi connectivity index (χ3v) is 5.81. The van der Waals surface area contributed by atoms with E-state index in [2.05, 4.69) is 35.3 Å². The zero-order chi connectivity index (χ0) is 21.0. The molecule has 2 aliphatic heterocycles. The van der Waals surface area contributed by atoms with Crippen LogP contribution >= 0.6 is 0 Å². The predicted octanol–water partition coefficient (Wildman–Crippen LogP) is 3.39. The summed E-state index contributed by atoms with van der Waals surface area (Å²) in [5.74, 6) is 1.47. The fraction of sp³-hybridized carbons (Fsp3) is 0.348. The summed E-state index contributed by atoms with van der Waals surface area (Å²) in [4.78, 5) is 25.7. The molecule has 158 valence electrons. The molecule has 1 N–H and O–H groups in total. The van der Waals surface area contributed by atoms with E-state index >= 15 is 0 Å². The number of nitrogens with zero attached hydrogens (tertiary/aromatic N) is 6. The van der Waals surface area contributed by atoms with Gasteiger partial charge >= 0.3 is 0 Å². The van der Waals surface area contributed by atoms with E-state index in [9.17, 15) is 4.79 Å². The molecule has 5 rings (SSSR count). The fourth-order valence-electron chi connectivity index (χ4n) is 4.14. The van der Waals surface area contributed by atoms with E-state index in [0.29, 0.717) is 11.4 Å². The number of rotatable bonds is 5. The molecule has 0 atom stereocenters. The largest absolute Gasteiger partial charge is 0.357 e. The van der Waals surface area contributed by atoms with Crippen LogP contribution in [0.1, 0.15) is 36.2 Å². The lowest BCUT2D eigenvalue weighted by molar-refractivity contribution is 0.102. The number of carbonyl (C=O) groups is 1. The van der Waals surface area contributed by atoms with Crippen LogP contribution in [0.5, 0.6) is 0 Å². The Balaban J connectivity index is 1.30. The predicted molar refractivity (Wildman–Crippen MR) is 120 cm³/mol. The summed E-state index contributed by atoms with van der Waals surface area (Å²) in [5.41, 5.74) is 2.72. The van der Waals surface area contributed by atoms with Crippen molar-refractivity contribution in [2.75, 3.05) is 41.3 Å². The molecule has 4 heterocycles. The van der Waals surface area contributed by atoms with E-state index in [1.807, 2.05) is 36.4 Å². The molecule has 1 aromatic carbocycles. The summed E-state index contributed by atoms with van der Waals surface area (Å²) in [7, 11) is 0. The van der Waals surface area contributed by atoms with Gasteiger partial charge in [0.15, 0.2) is 5.82 Å². The lowest BCUT2D eigenvalue weighted by Crippen LogP contribution is -2.21. The van der Waals surface area contributed by atoms with Crippen molar-refractivity contribution in [3.63, 3.8) is 0 Å². The van der Waals surface area contributed by atoms with Gasteiger partial charge in [0, 0.05) is 43.5 Å². The summed E-state index contributed by atoms with van der Waals surface area (Å²) in [5, 5.41) is 11.7. The summed E-state index contributed by atoms with van der Waals surface area (Å²) in [6, 6.07) is 13.4. The maximum atomic E-state index is 12.8. The maximum Gasteiger partial charge on any atom is 0.274 e. The molecule has 2 aliphatic rings. The minimum Gasteiger partial charge on any atom is -0.357 e. The molecular weight excluding hydrogens is 390 g/mol. The van der Waals surface area contributed by atoms with Gasteiger partial charge in [0.25, 0.3) is 5.91 Å². The number of carbonyl (C=O) groups excluding carboxylic acids is 1. The summed E-state index contributed by atoms with van der Waals surface area (Å²) in [6.07, 6.45) is 6.17. The lowest BCUT2D eigenvalue weighted by atomic mass is 10.1. The number of hydrogen-bond donors (Lipinski definition) is 1. The van der Waals surface area contributed by atoms with E-state index in [4.69, 9.17) is 0 Å². The third kappa shape index (κ3) is 4.33. The highest BCUT2D eigenvalue weighted by Crippen LogP contribution is 2.24. The highest BCUT2D eigenvalue weighted by Gasteiger charge is 2.17. The van der Waals surface area contributed by atoms with Crippen LogP contribution in [0, 0.1) is 0 Å². The number of benzene rings is 1. The van der Waals surface area contributed by atoms with E-state index < -0.39 is 0 Å². The molecule has 0 spiro atoms. The molecule has 8 nitrogen and oxygen atoms in total. The van der Waals surface area contributed by atoms with Gasteiger partial charge in [0.2, 0.25) is 0 Å². The summed E-state index contributed by atoms with van der Waals surface area (Å²) < 4.78 is 0. The average Bonchev–Trinajstić information content (AvgIpc) is 3.54. The Hall–Kier alpha value is -3.55. The second-order valence-corrected chi connectivity index (χ2v) is 7.96. The molecule has 0 aliphatic carbocycles. The van der Waals surface area contributed by atoms with Gasteiger partial charge in [-0.3, -0.25) is 4.79 Å². The SMILES string of the molecule is O=C(Nc1cccc(-c2ccc(N3CCCC3)nn2)c1)c1cc(N2CCCC2)ncn1. The van der Waals surface area contributed by atoms with Crippen molar-refractivity contribution in [3.05, 3.63) is 54.5 Å². The van der Waals surface area contributed by atoms with Crippen LogP contribution < -0.4 is 15.1 Å². The van der Waals surface area contributed by atoms with Crippen LogP contribution in [-0.2, 0) is 0 Å². The lowest BCUT2D eigenvalue weighted by Gasteiger charge is -2.16. The van der Waals surface area contributed by atoms with Gasteiger partial charge in [-0.15, -0.1) is 10.2 Å². The zero-order valence-corrected chi connectivity index (χ0v) is 17.4. The van der Waals surface area contributed by atoms with Crippen molar-refractivity contribution in [1.82, 2.24) is 20.2 Å². The minimum absolute atomic E-state index is 0.254.